The van der Waals surface area contributed by atoms with Crippen molar-refractivity contribution in [2.24, 2.45) is 0 Å². The van der Waals surface area contributed by atoms with Gasteiger partial charge in [0.25, 0.3) is 11.8 Å². The van der Waals surface area contributed by atoms with Crippen molar-refractivity contribution in [2.45, 2.75) is 58.1 Å². The first-order chi connectivity index (χ1) is 30.5. The number of hydrogen-bond donors (Lipinski definition) is 4. The lowest BCUT2D eigenvalue weighted by Crippen LogP contribution is -2.51. The van der Waals surface area contributed by atoms with Crippen molar-refractivity contribution in [1.82, 2.24) is 25.8 Å². The number of piperidine rings is 2. The number of ether oxygens (including phenoxy) is 1. The summed E-state index contributed by atoms with van der Waals surface area (Å²) in [5.74, 6) is -1.94. The van der Waals surface area contributed by atoms with Gasteiger partial charge in [0.2, 0.25) is 18.2 Å². The van der Waals surface area contributed by atoms with E-state index in [1.807, 2.05) is 67.3 Å². The molecule has 2 fully saturated rings. The number of likely N-dealkylation sites (tertiary alicyclic amines) is 1. The number of amides is 5. The van der Waals surface area contributed by atoms with Gasteiger partial charge in [-0.1, -0.05) is 56.3 Å². The third-order valence-corrected chi connectivity index (χ3v) is 11.3. The Morgan fingerprint density at radius 2 is 1.67 bits per heavy atom. The highest BCUT2D eigenvalue weighted by Gasteiger charge is 2.32. The SMILES string of the molecule is C=C.CC.CNSN(CC=O)c1c(OCc2ccccc2)cc2cc(C(=O)NNC(=O)CN3CCC(c4ccc(N(C)C5CCC(=O)NC5=O)c(N(C)C=O)c4)CC3)ccc2c1F. The monoisotopic (exact) mass is 884 g/mol. The normalized spacial score (nSPS) is 15.0. The maximum absolute atomic E-state index is 16.2. The van der Waals surface area contributed by atoms with Gasteiger partial charge >= 0.3 is 0 Å². The maximum Gasteiger partial charge on any atom is 0.269 e. The van der Waals surface area contributed by atoms with Crippen LogP contribution in [0.5, 0.6) is 5.75 Å². The van der Waals surface area contributed by atoms with E-state index in [2.05, 4.69) is 34.0 Å². The zero-order valence-corrected chi connectivity index (χ0v) is 37.3. The second-order valence-electron chi connectivity index (χ2n) is 14.4. The van der Waals surface area contributed by atoms with Gasteiger partial charge in [0.05, 0.1) is 24.5 Å². The molecule has 4 N–H and O–H groups in total. The number of carbonyl (C=O) groups excluding carboxylic acids is 6. The van der Waals surface area contributed by atoms with Crippen molar-refractivity contribution in [1.29, 1.82) is 0 Å². The summed E-state index contributed by atoms with van der Waals surface area (Å²) in [7, 11) is 5.08. The minimum absolute atomic E-state index is 0.0531. The molecule has 1 unspecified atom stereocenters. The van der Waals surface area contributed by atoms with Crippen molar-refractivity contribution < 1.29 is 37.9 Å². The predicted molar refractivity (Wildman–Crippen MR) is 247 cm³/mol. The minimum atomic E-state index is -0.623. The number of benzene rings is 4. The standard InChI is InChI=1S/C42H47FN8O7S.C2H6.C2H4/c1-44-59-51(19-20-52)40-36(58-25-27-7-5-4-6-8-27)23-31-21-30(9-11-32(31)39(40)43)41(56)47-46-38(55)24-50-17-15-28(16-18-50)29-10-12-33(35(22-29)48(2)26-53)49(3)34-13-14-37(54)45-42(34)57;2*1-2/h4-12,20-23,26,28,34,44H,13-19,24-25H2,1-3H3,(H,46,55)(H,47,56)(H,45,54,57);1-2H3;1-2H2. The van der Waals surface area contributed by atoms with Crippen molar-refractivity contribution in [3.05, 3.63) is 108 Å². The summed E-state index contributed by atoms with van der Waals surface area (Å²) in [6, 6.07) is 20.7. The van der Waals surface area contributed by atoms with Crippen LogP contribution in [0.1, 0.15) is 66.9 Å². The molecular formula is C46H57FN8O7S. The van der Waals surface area contributed by atoms with E-state index >= 15 is 4.39 Å². The molecule has 15 nitrogen and oxygen atoms in total. The first-order valence-corrected chi connectivity index (χ1v) is 21.5. The molecule has 6 rings (SSSR count). The summed E-state index contributed by atoms with van der Waals surface area (Å²) in [5, 5.41) is 2.99. The van der Waals surface area contributed by atoms with Gasteiger partial charge in [-0.05, 0) is 92.2 Å². The minimum Gasteiger partial charge on any atom is -0.487 e. The highest BCUT2D eigenvalue weighted by atomic mass is 32.2. The van der Waals surface area contributed by atoms with Gasteiger partial charge in [0.15, 0.2) is 5.82 Å². The topological polar surface area (TPSA) is 173 Å². The molecule has 0 bridgehead atoms. The number of nitrogens with one attached hydrogen (secondary N) is 4. The predicted octanol–water partition coefficient (Wildman–Crippen LogP) is 5.65. The molecule has 63 heavy (non-hydrogen) atoms. The molecule has 1 atom stereocenters. The number of hydrazine groups is 1. The lowest BCUT2D eigenvalue weighted by molar-refractivity contribution is -0.134. The Balaban J connectivity index is 0.00000212. The average Bonchev–Trinajstić information content (AvgIpc) is 3.31. The van der Waals surface area contributed by atoms with Crippen molar-refractivity contribution in [2.75, 3.05) is 61.4 Å². The highest BCUT2D eigenvalue weighted by molar-refractivity contribution is 7.98. The number of fused-ring (bicyclic) bond motifs is 1. The summed E-state index contributed by atoms with van der Waals surface area (Å²) in [5.41, 5.74) is 8.44. The number of nitrogens with zero attached hydrogens (tertiary/aromatic N) is 4. The number of likely N-dealkylation sites (N-methyl/N-ethyl adjacent to an activating group) is 1. The molecule has 0 radical (unpaired) electrons. The number of rotatable bonds is 16. The maximum atomic E-state index is 16.2. The number of hydrogen-bond acceptors (Lipinski definition) is 12. The summed E-state index contributed by atoms with van der Waals surface area (Å²) in [6.07, 6.45) is 3.49. The molecule has 4 aromatic carbocycles. The quantitative estimate of drug-likeness (QED) is 0.0359. The third-order valence-electron chi connectivity index (χ3n) is 10.5. The third kappa shape index (κ3) is 12.6. The summed E-state index contributed by atoms with van der Waals surface area (Å²) in [4.78, 5) is 79.1. The van der Waals surface area contributed by atoms with Gasteiger partial charge in [0.1, 0.15) is 30.4 Å². The Kier molecular flexibility index (Phi) is 19.1. The molecule has 17 heteroatoms. The zero-order valence-electron chi connectivity index (χ0n) is 36.4. The highest BCUT2D eigenvalue weighted by Crippen LogP contribution is 2.40. The molecule has 2 aliphatic rings. The van der Waals surface area contributed by atoms with Crippen LogP contribution in [0.2, 0.25) is 0 Å². The molecular weight excluding hydrogens is 828 g/mol. The molecule has 2 saturated heterocycles. The molecule has 2 heterocycles. The largest absolute Gasteiger partial charge is 0.487 e. The number of imide groups is 1. The van der Waals surface area contributed by atoms with Crippen LogP contribution in [0, 0.1) is 5.82 Å². The van der Waals surface area contributed by atoms with Crippen molar-refractivity contribution in [3.63, 3.8) is 0 Å². The lowest BCUT2D eigenvalue weighted by atomic mass is 9.88. The van der Waals surface area contributed by atoms with Crippen molar-refractivity contribution in [3.8, 4) is 5.75 Å². The van der Waals surface area contributed by atoms with Crippen LogP contribution in [0.3, 0.4) is 0 Å². The number of anilines is 3. The van der Waals surface area contributed by atoms with Gasteiger partial charge in [-0.2, -0.15) is 0 Å². The van der Waals surface area contributed by atoms with E-state index in [9.17, 15) is 28.8 Å². The Morgan fingerprint density at radius 1 is 0.952 bits per heavy atom. The molecule has 336 valence electrons. The molecule has 0 aliphatic carbocycles. The zero-order chi connectivity index (χ0) is 46.1. The number of aldehydes is 1. The molecule has 0 spiro atoms. The van der Waals surface area contributed by atoms with Gasteiger partial charge in [0, 0.05) is 43.6 Å². The fraction of sp³-hybridized carbons (Fsp3) is 0.348. The van der Waals surface area contributed by atoms with Gasteiger partial charge in [-0.25, -0.2) is 9.11 Å². The van der Waals surface area contributed by atoms with Gasteiger partial charge < -0.3 is 19.3 Å². The average molecular weight is 885 g/mol. The first kappa shape index (κ1) is 49.4. The van der Waals surface area contributed by atoms with E-state index in [1.54, 1.807) is 32.1 Å². The molecule has 2 aliphatic heterocycles. The summed E-state index contributed by atoms with van der Waals surface area (Å²) >= 11 is 1.04. The van der Waals surface area contributed by atoms with Crippen LogP contribution in [0.4, 0.5) is 21.5 Å². The van der Waals surface area contributed by atoms with Crippen LogP contribution < -0.4 is 39.7 Å². The van der Waals surface area contributed by atoms with E-state index in [-0.39, 0.29) is 66.2 Å². The van der Waals surface area contributed by atoms with E-state index in [4.69, 9.17) is 4.74 Å². The molecule has 0 aromatic heterocycles. The molecule has 4 aromatic rings. The number of halogens is 1. The Morgan fingerprint density at radius 3 is 2.32 bits per heavy atom. The second-order valence-corrected chi connectivity index (χ2v) is 15.4. The smallest absolute Gasteiger partial charge is 0.269 e. The van der Waals surface area contributed by atoms with Crippen LogP contribution >= 0.6 is 12.1 Å². The first-order valence-electron chi connectivity index (χ1n) is 20.7. The van der Waals surface area contributed by atoms with E-state index in [0.29, 0.717) is 49.0 Å². The molecule has 5 amide bonds. The van der Waals surface area contributed by atoms with Crippen LogP contribution in [-0.4, -0.2) is 94.6 Å². The van der Waals surface area contributed by atoms with Crippen LogP contribution in [0.15, 0.2) is 86.0 Å². The Bertz CT molecular complexity index is 2220. The van der Waals surface area contributed by atoms with Gasteiger partial charge in [-0.3, -0.25) is 49.3 Å². The fourth-order valence-electron chi connectivity index (χ4n) is 7.42. The summed E-state index contributed by atoms with van der Waals surface area (Å²) < 4.78 is 26.6. The van der Waals surface area contributed by atoms with E-state index in [1.165, 1.54) is 27.4 Å². The number of carbonyl (C=O) groups is 6. The van der Waals surface area contributed by atoms with Gasteiger partial charge in [-0.15, -0.1) is 13.2 Å². The Labute approximate surface area is 372 Å². The molecule has 0 saturated carbocycles. The van der Waals surface area contributed by atoms with Crippen LogP contribution in [0.25, 0.3) is 10.8 Å². The summed E-state index contributed by atoms with van der Waals surface area (Å²) in [6.45, 7) is 11.3. The lowest BCUT2D eigenvalue weighted by Gasteiger charge is -2.35. The second kappa shape index (κ2) is 24.4. The Hall–Kier alpha value is -6.30. The van der Waals surface area contributed by atoms with E-state index < -0.39 is 23.7 Å². The van der Waals surface area contributed by atoms with E-state index in [0.717, 1.165) is 36.1 Å². The van der Waals surface area contributed by atoms with Crippen molar-refractivity contribution >= 4 is 76.3 Å². The fourth-order valence-corrected chi connectivity index (χ4v) is 8.03. The van der Waals surface area contributed by atoms with Crippen LogP contribution in [-0.2, 0) is 30.6 Å².